The lowest BCUT2D eigenvalue weighted by atomic mass is 10.0. The summed E-state index contributed by atoms with van der Waals surface area (Å²) in [7, 11) is 9.03. The highest BCUT2D eigenvalue weighted by Crippen LogP contribution is 2.38. The lowest BCUT2D eigenvalue weighted by molar-refractivity contribution is 0.275. The van der Waals surface area contributed by atoms with E-state index in [-0.39, 0.29) is 0 Å². The van der Waals surface area contributed by atoms with E-state index in [0.717, 1.165) is 40.7 Å². The van der Waals surface area contributed by atoms with E-state index in [2.05, 4.69) is 25.1 Å². The Kier molecular flexibility index (Phi) is 6.77. The average molecular weight is 396 g/mol. The lowest BCUT2D eigenvalue weighted by Crippen LogP contribution is -2.15. The topological polar surface area (TPSA) is 53.1 Å². The highest BCUT2D eigenvalue weighted by molar-refractivity contribution is 5.92. The summed E-state index contributed by atoms with van der Waals surface area (Å²) in [5.74, 6) is 2.80. The summed E-state index contributed by atoms with van der Waals surface area (Å²) >= 11 is 0. The normalized spacial score (nSPS) is 11.0. The van der Waals surface area contributed by atoms with Gasteiger partial charge in [-0.25, -0.2) is 4.98 Å². The quantitative estimate of drug-likeness (QED) is 0.504. The lowest BCUT2D eigenvalue weighted by Gasteiger charge is -2.15. The number of benzene rings is 2. The minimum atomic E-state index is 0.584. The summed E-state index contributed by atoms with van der Waals surface area (Å²) in [6, 6.07) is 13.7. The van der Waals surface area contributed by atoms with Gasteiger partial charge in [0.15, 0.2) is 0 Å². The maximum Gasteiger partial charge on any atom is 0.221 e. The van der Waals surface area contributed by atoms with E-state index < -0.39 is 0 Å². The third-order valence-electron chi connectivity index (χ3n) is 4.68. The van der Waals surface area contributed by atoms with E-state index in [0.29, 0.717) is 24.0 Å². The van der Waals surface area contributed by atoms with Crippen molar-refractivity contribution in [2.24, 2.45) is 0 Å². The fourth-order valence-corrected chi connectivity index (χ4v) is 3.12. The maximum absolute atomic E-state index is 6.10. The van der Waals surface area contributed by atoms with Gasteiger partial charge in [-0.1, -0.05) is 12.1 Å². The molecule has 0 aliphatic rings. The number of fused-ring (bicyclic) bond motifs is 1. The van der Waals surface area contributed by atoms with Gasteiger partial charge in [0, 0.05) is 29.6 Å². The molecule has 6 heteroatoms. The van der Waals surface area contributed by atoms with Crippen LogP contribution in [0.2, 0.25) is 0 Å². The molecule has 1 aromatic heterocycles. The molecular formula is C23H28N2O4. The Labute approximate surface area is 172 Å². The maximum atomic E-state index is 6.10. The van der Waals surface area contributed by atoms with Crippen molar-refractivity contribution < 1.29 is 18.9 Å². The monoisotopic (exact) mass is 396 g/mol. The first-order valence-electron chi connectivity index (χ1n) is 9.54. The standard InChI is InChI=1S/C23H28N2O4/c1-25(2)11-6-12-29-23-19(16-7-9-17(26-3)10-8-16)15-20-21(24-23)13-18(27-4)14-22(20)28-5/h7-10,13-15H,6,11-12H2,1-5H3. The van der Waals surface area contributed by atoms with E-state index in [1.807, 2.05) is 36.4 Å². The molecule has 2 aromatic carbocycles. The van der Waals surface area contributed by atoms with E-state index in [9.17, 15) is 0 Å². The molecule has 1 heterocycles. The average Bonchev–Trinajstić information content (AvgIpc) is 2.75. The van der Waals surface area contributed by atoms with Gasteiger partial charge in [-0.3, -0.25) is 0 Å². The van der Waals surface area contributed by atoms with Gasteiger partial charge < -0.3 is 23.8 Å². The van der Waals surface area contributed by atoms with Crippen LogP contribution in [-0.2, 0) is 0 Å². The molecule has 6 nitrogen and oxygen atoms in total. The van der Waals surface area contributed by atoms with E-state index in [4.69, 9.17) is 23.9 Å². The van der Waals surface area contributed by atoms with E-state index >= 15 is 0 Å². The van der Waals surface area contributed by atoms with Crippen molar-refractivity contribution >= 4 is 10.9 Å². The third-order valence-corrected chi connectivity index (χ3v) is 4.68. The van der Waals surface area contributed by atoms with Crippen molar-refractivity contribution in [2.75, 3.05) is 48.6 Å². The second-order valence-electron chi connectivity index (χ2n) is 6.97. The molecule has 0 bridgehead atoms. The number of nitrogens with zero attached hydrogens (tertiary/aromatic N) is 2. The minimum absolute atomic E-state index is 0.584. The molecule has 0 unspecified atom stereocenters. The zero-order valence-corrected chi connectivity index (χ0v) is 17.7. The van der Waals surface area contributed by atoms with Gasteiger partial charge in [0.1, 0.15) is 17.2 Å². The van der Waals surface area contributed by atoms with Crippen molar-refractivity contribution in [3.8, 4) is 34.3 Å². The molecule has 0 spiro atoms. The Hall–Kier alpha value is -2.99. The van der Waals surface area contributed by atoms with Gasteiger partial charge in [0.25, 0.3) is 0 Å². The van der Waals surface area contributed by atoms with Crippen LogP contribution in [0.4, 0.5) is 0 Å². The molecule has 0 fully saturated rings. The second kappa shape index (κ2) is 9.47. The predicted octanol–water partition coefficient (Wildman–Crippen LogP) is 4.26. The van der Waals surface area contributed by atoms with Crippen LogP contribution in [-0.4, -0.2) is 58.5 Å². The Bertz CT molecular complexity index is 955. The number of hydrogen-bond donors (Lipinski definition) is 0. The first-order chi connectivity index (χ1) is 14.0. The zero-order chi connectivity index (χ0) is 20.8. The summed E-state index contributed by atoms with van der Waals surface area (Å²) in [6.45, 7) is 1.54. The van der Waals surface area contributed by atoms with Gasteiger partial charge in [0.2, 0.25) is 5.88 Å². The van der Waals surface area contributed by atoms with Gasteiger partial charge in [0.05, 0.1) is 33.5 Å². The van der Waals surface area contributed by atoms with Crippen molar-refractivity contribution in [1.82, 2.24) is 9.88 Å². The molecule has 0 saturated heterocycles. The van der Waals surface area contributed by atoms with Crippen molar-refractivity contribution in [3.63, 3.8) is 0 Å². The van der Waals surface area contributed by atoms with E-state index in [1.165, 1.54) is 0 Å². The number of methoxy groups -OCH3 is 3. The first-order valence-corrected chi connectivity index (χ1v) is 9.54. The summed E-state index contributed by atoms with van der Waals surface area (Å²) in [4.78, 5) is 6.94. The van der Waals surface area contributed by atoms with Crippen LogP contribution in [0.15, 0.2) is 42.5 Å². The fraction of sp³-hybridized carbons (Fsp3) is 0.348. The summed E-state index contributed by atoms with van der Waals surface area (Å²) in [6.07, 6.45) is 0.913. The highest BCUT2D eigenvalue weighted by Gasteiger charge is 2.15. The number of ether oxygens (including phenoxy) is 4. The molecule has 3 rings (SSSR count). The van der Waals surface area contributed by atoms with Crippen LogP contribution in [0.25, 0.3) is 22.0 Å². The minimum Gasteiger partial charge on any atom is -0.497 e. The Balaban J connectivity index is 2.07. The number of aromatic nitrogens is 1. The third kappa shape index (κ3) is 4.90. The van der Waals surface area contributed by atoms with Crippen molar-refractivity contribution in [3.05, 3.63) is 42.5 Å². The Morgan fingerprint density at radius 3 is 2.21 bits per heavy atom. The second-order valence-corrected chi connectivity index (χ2v) is 6.97. The van der Waals surface area contributed by atoms with Crippen LogP contribution in [0, 0.1) is 0 Å². The molecule has 29 heavy (non-hydrogen) atoms. The molecule has 0 aliphatic heterocycles. The van der Waals surface area contributed by atoms with Crippen LogP contribution in [0.1, 0.15) is 6.42 Å². The molecule has 0 radical (unpaired) electrons. The molecule has 0 atom stereocenters. The predicted molar refractivity (Wildman–Crippen MR) is 116 cm³/mol. The summed E-state index contributed by atoms with van der Waals surface area (Å²) in [5, 5.41) is 0.903. The number of hydrogen-bond acceptors (Lipinski definition) is 6. The van der Waals surface area contributed by atoms with Crippen LogP contribution in [0.5, 0.6) is 23.1 Å². The van der Waals surface area contributed by atoms with Gasteiger partial charge in [-0.05, 0) is 44.3 Å². The Morgan fingerprint density at radius 2 is 1.59 bits per heavy atom. The van der Waals surface area contributed by atoms with Crippen molar-refractivity contribution in [2.45, 2.75) is 6.42 Å². The van der Waals surface area contributed by atoms with Gasteiger partial charge in [-0.2, -0.15) is 0 Å². The number of rotatable bonds is 9. The van der Waals surface area contributed by atoms with Crippen LogP contribution >= 0.6 is 0 Å². The van der Waals surface area contributed by atoms with E-state index in [1.54, 1.807) is 21.3 Å². The largest absolute Gasteiger partial charge is 0.497 e. The molecule has 0 amide bonds. The molecule has 3 aromatic rings. The molecule has 0 N–H and O–H groups in total. The smallest absolute Gasteiger partial charge is 0.221 e. The first kappa shape index (κ1) is 20.7. The summed E-state index contributed by atoms with van der Waals surface area (Å²) in [5.41, 5.74) is 2.68. The SMILES string of the molecule is COc1ccc(-c2cc3c(OC)cc(OC)cc3nc2OCCCN(C)C)cc1. The van der Waals surface area contributed by atoms with Crippen LogP contribution < -0.4 is 18.9 Å². The van der Waals surface area contributed by atoms with Gasteiger partial charge in [-0.15, -0.1) is 0 Å². The highest BCUT2D eigenvalue weighted by atomic mass is 16.5. The van der Waals surface area contributed by atoms with Crippen LogP contribution in [0.3, 0.4) is 0 Å². The summed E-state index contributed by atoms with van der Waals surface area (Å²) < 4.78 is 22.4. The molecular weight excluding hydrogens is 368 g/mol. The zero-order valence-electron chi connectivity index (χ0n) is 17.7. The number of pyridine rings is 1. The molecule has 154 valence electrons. The van der Waals surface area contributed by atoms with Crippen molar-refractivity contribution in [1.29, 1.82) is 0 Å². The fourth-order valence-electron chi connectivity index (χ4n) is 3.12. The molecule has 0 aliphatic carbocycles. The van der Waals surface area contributed by atoms with Gasteiger partial charge >= 0.3 is 0 Å². The Morgan fingerprint density at radius 1 is 0.862 bits per heavy atom. The molecule has 0 saturated carbocycles.